The lowest BCUT2D eigenvalue weighted by Gasteiger charge is -2.27. The van der Waals surface area contributed by atoms with Crippen LogP contribution in [0.5, 0.6) is 0 Å². The highest BCUT2D eigenvalue weighted by molar-refractivity contribution is 7.27. The van der Waals surface area contributed by atoms with E-state index in [4.69, 9.17) is 0 Å². The molecule has 0 fully saturated rings. The van der Waals surface area contributed by atoms with Gasteiger partial charge in [-0.05, 0) is 120 Å². The normalized spacial score (nSPS) is 12.0. The van der Waals surface area contributed by atoms with E-state index in [0.29, 0.717) is 0 Å². The molecular weight excluding hydrogens is 929 g/mol. The first kappa shape index (κ1) is 41.9. The summed E-state index contributed by atoms with van der Waals surface area (Å²) in [7, 11) is 0. The van der Waals surface area contributed by atoms with Gasteiger partial charge in [0.2, 0.25) is 0 Å². The Labute approximate surface area is 436 Å². The van der Waals surface area contributed by atoms with Crippen molar-refractivity contribution in [1.82, 2.24) is 13.7 Å². The van der Waals surface area contributed by atoms with E-state index in [0.717, 1.165) is 34.1 Å². The van der Waals surface area contributed by atoms with E-state index in [1.165, 1.54) is 107 Å². The minimum atomic E-state index is 1.11. The van der Waals surface area contributed by atoms with Crippen LogP contribution in [0, 0.1) is 0 Å². The van der Waals surface area contributed by atoms with Crippen molar-refractivity contribution >= 4 is 125 Å². The molecule has 4 heterocycles. The molecule has 16 aromatic rings. The maximum Gasteiger partial charge on any atom is 0.0555 e. The van der Waals surface area contributed by atoms with Gasteiger partial charge in [-0.1, -0.05) is 164 Å². The molecule has 0 aliphatic heterocycles. The van der Waals surface area contributed by atoms with Crippen molar-refractivity contribution in [2.75, 3.05) is 4.90 Å². The summed E-state index contributed by atoms with van der Waals surface area (Å²) in [5, 5.41) is 12.7. The summed E-state index contributed by atoms with van der Waals surface area (Å²) in [6, 6.07) is 97.8. The fraction of sp³-hybridized carbons (Fsp3) is 0. The van der Waals surface area contributed by atoms with E-state index in [-0.39, 0.29) is 0 Å². The van der Waals surface area contributed by atoms with Crippen molar-refractivity contribution in [2.45, 2.75) is 0 Å². The van der Waals surface area contributed by atoms with Gasteiger partial charge in [0.25, 0.3) is 0 Å². The van der Waals surface area contributed by atoms with Crippen molar-refractivity contribution in [3.05, 3.63) is 267 Å². The maximum atomic E-state index is 2.48. The molecule has 0 radical (unpaired) electrons. The molecule has 350 valence electrons. The SMILES string of the molecule is c1ccc(N(c2ccc(-c3ccc(-n4c5ccccc5c5c6sc7c(ccc8c7c7ccccc7n8-c7ccc8c(c7)c7ccccc7n8-c7ccccc7)c6ccc54)cc3)cc2)c2cccc3ccccc23)cc1. The van der Waals surface area contributed by atoms with Crippen LogP contribution < -0.4 is 4.90 Å². The van der Waals surface area contributed by atoms with E-state index < -0.39 is 0 Å². The number of hydrogen-bond acceptors (Lipinski definition) is 2. The Hall–Kier alpha value is -9.68. The van der Waals surface area contributed by atoms with Crippen LogP contribution in [0.1, 0.15) is 0 Å². The highest BCUT2D eigenvalue weighted by Crippen LogP contribution is 2.48. The average Bonchev–Trinajstić information content (AvgIpc) is 4.26. The molecule has 0 saturated heterocycles. The van der Waals surface area contributed by atoms with Crippen LogP contribution in [0.15, 0.2) is 267 Å². The molecule has 4 nitrogen and oxygen atoms in total. The number of benzene rings is 12. The van der Waals surface area contributed by atoms with Crippen LogP contribution >= 0.6 is 11.3 Å². The molecule has 75 heavy (non-hydrogen) atoms. The second kappa shape index (κ2) is 16.4. The van der Waals surface area contributed by atoms with Crippen LogP contribution in [0.25, 0.3) is 125 Å². The van der Waals surface area contributed by atoms with Gasteiger partial charge in [0.15, 0.2) is 0 Å². The molecule has 0 spiro atoms. The lowest BCUT2D eigenvalue weighted by Crippen LogP contribution is -2.10. The summed E-state index contributed by atoms with van der Waals surface area (Å²) in [5.41, 5.74) is 16.5. The zero-order valence-corrected chi connectivity index (χ0v) is 41.4. The predicted molar refractivity (Wildman–Crippen MR) is 320 cm³/mol. The molecule has 0 unspecified atom stereocenters. The summed E-state index contributed by atoms with van der Waals surface area (Å²) in [5.74, 6) is 0. The number of nitrogens with zero attached hydrogens (tertiary/aromatic N) is 4. The Morgan fingerprint density at radius 2 is 0.707 bits per heavy atom. The highest BCUT2D eigenvalue weighted by atomic mass is 32.1. The third kappa shape index (κ3) is 6.29. The Morgan fingerprint density at radius 1 is 0.267 bits per heavy atom. The van der Waals surface area contributed by atoms with Crippen LogP contribution in [0.2, 0.25) is 0 Å². The van der Waals surface area contributed by atoms with Crippen LogP contribution in [0.4, 0.5) is 17.1 Å². The van der Waals surface area contributed by atoms with Gasteiger partial charge in [0, 0.05) is 86.3 Å². The van der Waals surface area contributed by atoms with Crippen LogP contribution in [-0.4, -0.2) is 13.7 Å². The van der Waals surface area contributed by atoms with Crippen molar-refractivity contribution < 1.29 is 0 Å². The fourth-order valence-corrected chi connectivity index (χ4v) is 13.7. The van der Waals surface area contributed by atoms with E-state index in [2.05, 4.69) is 286 Å². The summed E-state index contributed by atoms with van der Waals surface area (Å²) < 4.78 is 9.97. The zero-order valence-electron chi connectivity index (χ0n) is 40.6. The molecule has 0 saturated carbocycles. The molecule has 4 aromatic heterocycles. The number of fused-ring (bicyclic) bond motifs is 15. The predicted octanol–water partition coefficient (Wildman–Crippen LogP) is 19.6. The smallest absolute Gasteiger partial charge is 0.0555 e. The number of anilines is 3. The van der Waals surface area contributed by atoms with Gasteiger partial charge in [-0.3, -0.25) is 0 Å². The number of para-hydroxylation sites is 5. The van der Waals surface area contributed by atoms with Crippen molar-refractivity contribution in [3.63, 3.8) is 0 Å². The first-order valence-corrected chi connectivity index (χ1v) is 26.5. The zero-order chi connectivity index (χ0) is 49.1. The van der Waals surface area contributed by atoms with Gasteiger partial charge < -0.3 is 18.6 Å². The maximum absolute atomic E-state index is 2.48. The van der Waals surface area contributed by atoms with Crippen LogP contribution in [-0.2, 0) is 0 Å². The third-order valence-electron chi connectivity index (χ3n) is 15.6. The van der Waals surface area contributed by atoms with Crippen LogP contribution in [0.3, 0.4) is 0 Å². The Bertz CT molecular complexity index is 4920. The number of thiophene rings is 1. The monoisotopic (exact) mass is 972 g/mol. The summed E-state index contributed by atoms with van der Waals surface area (Å²) in [4.78, 5) is 2.36. The summed E-state index contributed by atoms with van der Waals surface area (Å²) >= 11 is 1.94. The van der Waals surface area contributed by atoms with Gasteiger partial charge in [-0.25, -0.2) is 0 Å². The molecule has 0 aliphatic rings. The third-order valence-corrected chi connectivity index (χ3v) is 16.9. The molecular formula is C70H44N4S. The largest absolute Gasteiger partial charge is 0.310 e. The van der Waals surface area contributed by atoms with E-state index in [9.17, 15) is 0 Å². The second-order valence-corrected chi connectivity index (χ2v) is 20.7. The number of rotatable bonds is 7. The first-order valence-electron chi connectivity index (χ1n) is 25.7. The fourth-order valence-electron chi connectivity index (χ4n) is 12.3. The molecule has 0 aliphatic carbocycles. The van der Waals surface area contributed by atoms with Crippen molar-refractivity contribution in [3.8, 4) is 28.2 Å². The summed E-state index contributed by atoms with van der Waals surface area (Å²) in [6.07, 6.45) is 0. The molecule has 12 aromatic carbocycles. The first-order chi connectivity index (χ1) is 37.2. The van der Waals surface area contributed by atoms with E-state index in [1.807, 2.05) is 11.3 Å². The van der Waals surface area contributed by atoms with Crippen molar-refractivity contribution in [1.29, 1.82) is 0 Å². The topological polar surface area (TPSA) is 18.0 Å². The molecule has 5 heteroatoms. The molecule has 16 rings (SSSR count). The van der Waals surface area contributed by atoms with Gasteiger partial charge in [-0.15, -0.1) is 11.3 Å². The number of aromatic nitrogens is 3. The summed E-state index contributed by atoms with van der Waals surface area (Å²) in [6.45, 7) is 0. The molecule has 0 atom stereocenters. The minimum Gasteiger partial charge on any atom is -0.310 e. The van der Waals surface area contributed by atoms with Crippen molar-refractivity contribution in [2.24, 2.45) is 0 Å². The van der Waals surface area contributed by atoms with Gasteiger partial charge in [-0.2, -0.15) is 0 Å². The highest BCUT2D eigenvalue weighted by Gasteiger charge is 2.23. The van der Waals surface area contributed by atoms with Gasteiger partial charge in [0.1, 0.15) is 0 Å². The lowest BCUT2D eigenvalue weighted by molar-refractivity contribution is 1.17. The lowest BCUT2D eigenvalue weighted by atomic mass is 10.0. The Morgan fingerprint density at radius 3 is 1.36 bits per heavy atom. The minimum absolute atomic E-state index is 1.11. The quantitative estimate of drug-likeness (QED) is 0.156. The molecule has 0 amide bonds. The molecule has 0 N–H and O–H groups in total. The Balaban J connectivity index is 0.808. The van der Waals surface area contributed by atoms with E-state index >= 15 is 0 Å². The van der Waals surface area contributed by atoms with Gasteiger partial charge >= 0.3 is 0 Å². The second-order valence-electron chi connectivity index (χ2n) is 19.6. The molecule has 0 bridgehead atoms. The number of hydrogen-bond donors (Lipinski definition) is 0. The standard InChI is InChI=1S/C70H44N4S/c1-3-18-48(19-4-1)71(60-29-15-17-47-16-7-8-22-53(47)60)50-34-30-45(31-35-50)46-32-36-51(37-33-46)73-62-27-13-10-24-57(62)67-65(73)42-39-55-56-40-43-66-68(70(56)75-69(55)67)58-25-11-14-28-63(58)74(66)52-38-41-64-59(44-52)54-23-9-12-26-61(54)72(64)49-20-5-2-6-21-49/h1-44H. The van der Waals surface area contributed by atoms with E-state index in [1.54, 1.807) is 0 Å². The average molecular weight is 973 g/mol. The Kier molecular flexibility index (Phi) is 9.17. The van der Waals surface area contributed by atoms with Gasteiger partial charge in [0.05, 0.1) is 38.8 Å².